The van der Waals surface area contributed by atoms with Gasteiger partial charge in [-0.2, -0.15) is 0 Å². The van der Waals surface area contributed by atoms with Crippen molar-refractivity contribution in [3.63, 3.8) is 0 Å². The number of carbonyl (C=O) groups is 1. The lowest BCUT2D eigenvalue weighted by molar-refractivity contribution is 0.185. The summed E-state index contributed by atoms with van der Waals surface area (Å²) in [6.45, 7) is 0.634. The maximum atomic E-state index is 10.9. The molecule has 5 heteroatoms. The molecule has 0 aromatic rings. The standard InChI is InChI=1S/C5H8IN3O/c6-4-8-9-3-1-2-7-5(9)10/h1-2,8H,3-4H2,(H,7,10). The summed E-state index contributed by atoms with van der Waals surface area (Å²) in [5.41, 5.74) is 2.89. The topological polar surface area (TPSA) is 44.4 Å². The third-order valence-corrected chi connectivity index (χ3v) is 1.45. The zero-order valence-electron chi connectivity index (χ0n) is 5.30. The van der Waals surface area contributed by atoms with Crippen LogP contribution in [0, 0.1) is 0 Å². The van der Waals surface area contributed by atoms with Gasteiger partial charge < -0.3 is 5.32 Å². The first kappa shape index (κ1) is 7.80. The number of rotatable bonds is 2. The Balaban J connectivity index is 2.43. The first-order valence-electron chi connectivity index (χ1n) is 2.87. The summed E-state index contributed by atoms with van der Waals surface area (Å²) >= 11 is 2.14. The van der Waals surface area contributed by atoms with E-state index in [1.54, 1.807) is 6.20 Å². The second-order valence-electron chi connectivity index (χ2n) is 1.75. The number of nitrogens with one attached hydrogen (secondary N) is 2. The second kappa shape index (κ2) is 3.77. The fourth-order valence-corrected chi connectivity index (χ4v) is 1.07. The molecule has 0 aromatic heterocycles. The van der Waals surface area contributed by atoms with E-state index in [1.807, 2.05) is 6.08 Å². The summed E-state index contributed by atoms with van der Waals surface area (Å²) in [7, 11) is 0. The van der Waals surface area contributed by atoms with Crippen LogP contribution in [0.4, 0.5) is 4.79 Å². The lowest BCUT2D eigenvalue weighted by Gasteiger charge is -2.22. The molecule has 1 rings (SSSR count). The third kappa shape index (κ3) is 1.84. The monoisotopic (exact) mass is 253 g/mol. The van der Waals surface area contributed by atoms with Crippen LogP contribution in [0.5, 0.6) is 0 Å². The van der Waals surface area contributed by atoms with E-state index in [2.05, 4.69) is 33.3 Å². The smallest absolute Gasteiger partial charge is 0.314 e. The van der Waals surface area contributed by atoms with Crippen molar-refractivity contribution in [3.05, 3.63) is 12.3 Å². The van der Waals surface area contributed by atoms with Gasteiger partial charge in [-0.25, -0.2) is 10.2 Å². The van der Waals surface area contributed by atoms with Gasteiger partial charge in [0.15, 0.2) is 0 Å². The Bertz CT molecular complexity index is 159. The number of urea groups is 1. The summed E-state index contributed by atoms with van der Waals surface area (Å²) in [4.78, 5) is 10.9. The molecule has 4 nitrogen and oxygen atoms in total. The van der Waals surface area contributed by atoms with Crippen LogP contribution in [0.1, 0.15) is 0 Å². The van der Waals surface area contributed by atoms with Crippen LogP contribution in [-0.2, 0) is 0 Å². The van der Waals surface area contributed by atoms with Gasteiger partial charge >= 0.3 is 6.03 Å². The van der Waals surface area contributed by atoms with Gasteiger partial charge in [0.25, 0.3) is 0 Å². The van der Waals surface area contributed by atoms with E-state index < -0.39 is 0 Å². The van der Waals surface area contributed by atoms with Crippen molar-refractivity contribution in [2.75, 3.05) is 11.1 Å². The van der Waals surface area contributed by atoms with Gasteiger partial charge in [0.2, 0.25) is 0 Å². The van der Waals surface area contributed by atoms with E-state index >= 15 is 0 Å². The predicted molar refractivity (Wildman–Crippen MR) is 46.4 cm³/mol. The molecule has 0 spiro atoms. The molecule has 10 heavy (non-hydrogen) atoms. The highest BCUT2D eigenvalue weighted by Gasteiger charge is 2.11. The molecule has 2 amide bonds. The zero-order valence-corrected chi connectivity index (χ0v) is 7.46. The van der Waals surface area contributed by atoms with Crippen molar-refractivity contribution in [2.24, 2.45) is 0 Å². The van der Waals surface area contributed by atoms with Crippen LogP contribution in [-0.4, -0.2) is 22.1 Å². The molecule has 0 saturated heterocycles. The van der Waals surface area contributed by atoms with Crippen molar-refractivity contribution >= 4 is 28.6 Å². The van der Waals surface area contributed by atoms with Gasteiger partial charge in [-0.3, -0.25) is 5.01 Å². The first-order chi connectivity index (χ1) is 4.84. The summed E-state index contributed by atoms with van der Waals surface area (Å²) in [6.07, 6.45) is 3.52. The number of halogens is 1. The molecule has 0 saturated carbocycles. The predicted octanol–water partition coefficient (Wildman–Crippen LogP) is 0.422. The van der Waals surface area contributed by atoms with Crippen molar-refractivity contribution in [2.45, 2.75) is 0 Å². The minimum absolute atomic E-state index is 0.0980. The Morgan fingerprint density at radius 2 is 2.70 bits per heavy atom. The number of amides is 2. The van der Waals surface area contributed by atoms with Gasteiger partial charge in [0.05, 0.1) is 11.1 Å². The number of alkyl halides is 1. The Kier molecular flexibility index (Phi) is 2.94. The SMILES string of the molecule is O=C1NC=CCN1NCI. The van der Waals surface area contributed by atoms with Crippen molar-refractivity contribution < 1.29 is 4.79 Å². The number of nitrogens with zero attached hydrogens (tertiary/aromatic N) is 1. The second-order valence-corrected chi connectivity index (χ2v) is 2.52. The molecule has 0 atom stereocenters. The number of hydrazine groups is 1. The Hall–Kier alpha value is -0.300. The molecule has 0 radical (unpaired) electrons. The Morgan fingerprint density at radius 1 is 1.90 bits per heavy atom. The molecule has 0 aliphatic carbocycles. The molecule has 1 aliphatic heterocycles. The van der Waals surface area contributed by atoms with Crippen LogP contribution in [0.25, 0.3) is 0 Å². The van der Waals surface area contributed by atoms with Gasteiger partial charge in [0.1, 0.15) is 0 Å². The van der Waals surface area contributed by atoms with E-state index in [-0.39, 0.29) is 6.03 Å². The highest BCUT2D eigenvalue weighted by Crippen LogP contribution is 1.91. The van der Waals surface area contributed by atoms with E-state index in [0.29, 0.717) is 6.54 Å². The van der Waals surface area contributed by atoms with Crippen molar-refractivity contribution in [3.8, 4) is 0 Å². The van der Waals surface area contributed by atoms with Crippen LogP contribution >= 0.6 is 22.6 Å². The molecular formula is C5H8IN3O. The molecule has 1 heterocycles. The Labute approximate surface area is 72.8 Å². The first-order valence-corrected chi connectivity index (χ1v) is 4.39. The molecule has 2 N–H and O–H groups in total. The molecule has 1 aliphatic rings. The maximum Gasteiger partial charge on any atom is 0.336 e. The van der Waals surface area contributed by atoms with Gasteiger partial charge in [-0.15, -0.1) is 0 Å². The molecule has 56 valence electrons. The molecule has 0 bridgehead atoms. The molecular weight excluding hydrogens is 245 g/mol. The normalized spacial score (nSPS) is 17.3. The van der Waals surface area contributed by atoms with Crippen molar-refractivity contribution in [1.82, 2.24) is 15.8 Å². The number of hydrogen-bond donors (Lipinski definition) is 2. The average Bonchev–Trinajstić information content (AvgIpc) is 1.94. The zero-order chi connectivity index (χ0) is 7.40. The lowest BCUT2D eigenvalue weighted by Crippen LogP contribution is -2.48. The number of carbonyl (C=O) groups excluding carboxylic acids is 1. The molecule has 0 aromatic carbocycles. The van der Waals surface area contributed by atoms with Crippen LogP contribution in [0.2, 0.25) is 0 Å². The minimum Gasteiger partial charge on any atom is -0.314 e. The summed E-state index contributed by atoms with van der Waals surface area (Å²) in [5.74, 6) is 0. The Morgan fingerprint density at radius 3 is 3.30 bits per heavy atom. The van der Waals surface area contributed by atoms with Gasteiger partial charge in [-0.05, 0) is 6.08 Å². The largest absolute Gasteiger partial charge is 0.336 e. The number of hydrogen-bond acceptors (Lipinski definition) is 2. The van der Waals surface area contributed by atoms with Gasteiger partial charge in [0, 0.05) is 6.20 Å². The summed E-state index contributed by atoms with van der Waals surface area (Å²) in [6, 6.07) is -0.0980. The average molecular weight is 253 g/mol. The summed E-state index contributed by atoms with van der Waals surface area (Å²) in [5, 5.41) is 4.08. The molecule has 0 fully saturated rings. The van der Waals surface area contributed by atoms with E-state index in [1.165, 1.54) is 5.01 Å². The quantitative estimate of drug-likeness (QED) is 0.425. The van der Waals surface area contributed by atoms with Gasteiger partial charge in [-0.1, -0.05) is 22.6 Å². The third-order valence-electron chi connectivity index (χ3n) is 1.11. The molecule has 0 unspecified atom stereocenters. The fraction of sp³-hybridized carbons (Fsp3) is 0.400. The van der Waals surface area contributed by atoms with E-state index in [0.717, 1.165) is 4.55 Å². The highest BCUT2D eigenvalue weighted by molar-refractivity contribution is 14.1. The van der Waals surface area contributed by atoms with E-state index in [9.17, 15) is 4.79 Å². The lowest BCUT2D eigenvalue weighted by atomic mass is 10.5. The van der Waals surface area contributed by atoms with Crippen LogP contribution in [0.3, 0.4) is 0 Å². The fourth-order valence-electron chi connectivity index (χ4n) is 0.658. The van der Waals surface area contributed by atoms with Crippen LogP contribution < -0.4 is 10.7 Å². The van der Waals surface area contributed by atoms with E-state index in [4.69, 9.17) is 0 Å². The minimum atomic E-state index is -0.0980. The van der Waals surface area contributed by atoms with Crippen LogP contribution in [0.15, 0.2) is 12.3 Å². The summed E-state index contributed by atoms with van der Waals surface area (Å²) < 4.78 is 0.735. The van der Waals surface area contributed by atoms with Crippen molar-refractivity contribution in [1.29, 1.82) is 0 Å². The maximum absolute atomic E-state index is 10.9. The highest BCUT2D eigenvalue weighted by atomic mass is 127.